The van der Waals surface area contributed by atoms with E-state index in [2.05, 4.69) is 17.2 Å². The van der Waals surface area contributed by atoms with Crippen LogP contribution in [-0.4, -0.2) is 30.0 Å². The largest absolute Gasteiger partial charge is 0.351 e. The second-order valence-corrected chi connectivity index (χ2v) is 6.64. The summed E-state index contributed by atoms with van der Waals surface area (Å²) in [6.45, 7) is 3.08. The van der Waals surface area contributed by atoms with Crippen LogP contribution in [0, 0.1) is 18.8 Å². The van der Waals surface area contributed by atoms with Crippen LogP contribution in [0.4, 0.5) is 0 Å². The zero-order valence-corrected chi connectivity index (χ0v) is 13.3. The lowest BCUT2D eigenvalue weighted by Crippen LogP contribution is -2.31. The first-order valence-electron chi connectivity index (χ1n) is 7.40. The molecule has 1 aromatic rings. The second-order valence-electron chi connectivity index (χ2n) is 5.23. The topological polar surface area (TPSA) is 55.1 Å². The Labute approximate surface area is 131 Å². The van der Waals surface area contributed by atoms with Crippen molar-refractivity contribution < 1.29 is 4.79 Å². The molecule has 4 heteroatoms. The molecule has 0 bridgehead atoms. The third-order valence-electron chi connectivity index (χ3n) is 3.58. The summed E-state index contributed by atoms with van der Waals surface area (Å²) in [7, 11) is 0. The lowest BCUT2D eigenvalue weighted by Gasteiger charge is -2.21. The molecule has 3 N–H and O–H groups in total. The van der Waals surface area contributed by atoms with Crippen LogP contribution in [0.5, 0.6) is 0 Å². The van der Waals surface area contributed by atoms with Gasteiger partial charge in [0.15, 0.2) is 0 Å². The minimum atomic E-state index is 0.00241. The number of nitrogens with one attached hydrogen (secondary N) is 1. The van der Waals surface area contributed by atoms with Gasteiger partial charge in [-0.2, -0.15) is 11.8 Å². The van der Waals surface area contributed by atoms with E-state index in [1.54, 1.807) is 0 Å². The average molecular weight is 302 g/mol. The van der Waals surface area contributed by atoms with Crippen molar-refractivity contribution in [2.75, 3.05) is 18.8 Å². The van der Waals surface area contributed by atoms with Crippen LogP contribution in [0.25, 0.3) is 0 Å². The van der Waals surface area contributed by atoms with Crippen LogP contribution in [0.1, 0.15) is 40.7 Å². The first kappa shape index (κ1) is 15.9. The maximum atomic E-state index is 12.2. The normalized spacial score (nSPS) is 17.7. The number of rotatable bonds is 3. The van der Waals surface area contributed by atoms with E-state index >= 15 is 0 Å². The zero-order chi connectivity index (χ0) is 15.1. The summed E-state index contributed by atoms with van der Waals surface area (Å²) in [4.78, 5) is 12.2. The van der Waals surface area contributed by atoms with Crippen molar-refractivity contribution in [3.05, 3.63) is 34.9 Å². The Morgan fingerprint density at radius 3 is 3.00 bits per heavy atom. The smallest absolute Gasteiger partial charge is 0.251 e. The SMILES string of the molecule is Cc1cc(C(=O)NCC2CCCCS2)ccc1C#CCN. The summed E-state index contributed by atoms with van der Waals surface area (Å²) >= 11 is 1.97. The number of benzene rings is 1. The molecule has 2 rings (SSSR count). The molecule has 1 aromatic carbocycles. The quantitative estimate of drug-likeness (QED) is 0.843. The fourth-order valence-electron chi connectivity index (χ4n) is 2.37. The predicted octanol–water partition coefficient (Wildman–Crippen LogP) is 2.32. The van der Waals surface area contributed by atoms with Crippen molar-refractivity contribution in [3.63, 3.8) is 0 Å². The second kappa shape index (κ2) is 8.11. The fraction of sp³-hybridized carbons (Fsp3) is 0.471. The summed E-state index contributed by atoms with van der Waals surface area (Å²) in [6, 6.07) is 5.61. The number of carbonyl (C=O) groups is 1. The number of carbonyl (C=O) groups excluding carboxylic acids is 1. The highest BCUT2D eigenvalue weighted by Gasteiger charge is 2.15. The van der Waals surface area contributed by atoms with Crippen molar-refractivity contribution >= 4 is 17.7 Å². The van der Waals surface area contributed by atoms with Crippen LogP contribution < -0.4 is 11.1 Å². The molecule has 0 aromatic heterocycles. The number of aryl methyl sites for hydroxylation is 1. The van der Waals surface area contributed by atoms with Crippen molar-refractivity contribution in [3.8, 4) is 11.8 Å². The molecular formula is C17H22N2OS. The average Bonchev–Trinajstić information content (AvgIpc) is 2.52. The lowest BCUT2D eigenvalue weighted by molar-refractivity contribution is 0.0953. The molecule has 0 saturated carbocycles. The molecule has 1 heterocycles. The maximum Gasteiger partial charge on any atom is 0.251 e. The summed E-state index contributed by atoms with van der Waals surface area (Å²) in [5.41, 5.74) is 8.02. The Balaban J connectivity index is 1.94. The first-order valence-corrected chi connectivity index (χ1v) is 8.45. The van der Waals surface area contributed by atoms with Crippen molar-refractivity contribution in [2.45, 2.75) is 31.4 Å². The summed E-state index contributed by atoms with van der Waals surface area (Å²) in [6.07, 6.45) is 3.79. The van der Waals surface area contributed by atoms with E-state index in [1.807, 2.05) is 36.9 Å². The van der Waals surface area contributed by atoms with Gasteiger partial charge in [0.05, 0.1) is 6.54 Å². The fourth-order valence-corrected chi connectivity index (χ4v) is 3.61. The Morgan fingerprint density at radius 1 is 1.48 bits per heavy atom. The minimum absolute atomic E-state index is 0.00241. The van der Waals surface area contributed by atoms with Crippen molar-refractivity contribution in [1.82, 2.24) is 5.32 Å². The zero-order valence-electron chi connectivity index (χ0n) is 12.4. The molecule has 3 nitrogen and oxygen atoms in total. The molecule has 1 amide bonds. The van der Waals surface area contributed by atoms with Crippen LogP contribution in [0.15, 0.2) is 18.2 Å². The van der Waals surface area contributed by atoms with E-state index in [-0.39, 0.29) is 5.91 Å². The van der Waals surface area contributed by atoms with Gasteiger partial charge in [-0.3, -0.25) is 4.79 Å². The first-order chi connectivity index (χ1) is 10.2. The molecule has 1 aliphatic rings. The molecule has 1 unspecified atom stereocenters. The summed E-state index contributed by atoms with van der Waals surface area (Å²) < 4.78 is 0. The van der Waals surface area contributed by atoms with E-state index < -0.39 is 0 Å². The van der Waals surface area contributed by atoms with Gasteiger partial charge >= 0.3 is 0 Å². The van der Waals surface area contributed by atoms with Crippen molar-refractivity contribution in [1.29, 1.82) is 0 Å². The number of amides is 1. The molecule has 0 aliphatic carbocycles. The molecule has 0 spiro atoms. The molecule has 1 aliphatic heterocycles. The molecule has 112 valence electrons. The van der Waals surface area contributed by atoms with Gasteiger partial charge < -0.3 is 11.1 Å². The summed E-state index contributed by atoms with van der Waals surface area (Å²) in [5.74, 6) is 7.07. The van der Waals surface area contributed by atoms with E-state index in [4.69, 9.17) is 5.73 Å². The van der Waals surface area contributed by atoms with E-state index in [0.717, 1.165) is 17.7 Å². The summed E-state index contributed by atoms with van der Waals surface area (Å²) in [5, 5.41) is 3.61. The van der Waals surface area contributed by atoms with Gasteiger partial charge in [0, 0.05) is 22.9 Å². The van der Waals surface area contributed by atoms with E-state index in [1.165, 1.54) is 25.0 Å². The van der Waals surface area contributed by atoms with E-state index in [9.17, 15) is 4.79 Å². The number of thioether (sulfide) groups is 1. The van der Waals surface area contributed by atoms with Crippen LogP contribution in [0.2, 0.25) is 0 Å². The molecular weight excluding hydrogens is 280 g/mol. The van der Waals surface area contributed by atoms with Gasteiger partial charge in [0.2, 0.25) is 0 Å². The lowest BCUT2D eigenvalue weighted by atomic mass is 10.0. The number of hydrogen-bond acceptors (Lipinski definition) is 3. The van der Waals surface area contributed by atoms with Crippen LogP contribution in [-0.2, 0) is 0 Å². The van der Waals surface area contributed by atoms with Gasteiger partial charge in [-0.25, -0.2) is 0 Å². The third-order valence-corrected chi connectivity index (χ3v) is 4.98. The number of hydrogen-bond donors (Lipinski definition) is 2. The third kappa shape index (κ3) is 4.80. The van der Waals surface area contributed by atoms with E-state index in [0.29, 0.717) is 17.4 Å². The van der Waals surface area contributed by atoms with Gasteiger partial charge in [-0.15, -0.1) is 0 Å². The highest BCUT2D eigenvalue weighted by molar-refractivity contribution is 7.99. The molecule has 1 atom stereocenters. The Morgan fingerprint density at radius 2 is 2.33 bits per heavy atom. The molecule has 1 saturated heterocycles. The molecule has 0 radical (unpaired) electrons. The van der Waals surface area contributed by atoms with Gasteiger partial charge in [0.25, 0.3) is 5.91 Å². The monoisotopic (exact) mass is 302 g/mol. The molecule has 1 fully saturated rings. The maximum absolute atomic E-state index is 12.2. The minimum Gasteiger partial charge on any atom is -0.351 e. The van der Waals surface area contributed by atoms with Gasteiger partial charge in [0.1, 0.15) is 0 Å². The van der Waals surface area contributed by atoms with Crippen molar-refractivity contribution in [2.24, 2.45) is 5.73 Å². The highest BCUT2D eigenvalue weighted by Crippen LogP contribution is 2.24. The van der Waals surface area contributed by atoms with Gasteiger partial charge in [-0.1, -0.05) is 18.3 Å². The Bertz CT molecular complexity index is 554. The standard InChI is InChI=1S/C17H22N2OS/c1-13-11-15(8-7-14(13)5-4-9-18)17(20)19-12-16-6-2-3-10-21-16/h7-8,11,16H,2-3,6,9-10,12,18H2,1H3,(H,19,20). The highest BCUT2D eigenvalue weighted by atomic mass is 32.2. The Kier molecular flexibility index (Phi) is 6.16. The van der Waals surface area contributed by atoms with Gasteiger partial charge in [-0.05, 0) is 49.3 Å². The van der Waals surface area contributed by atoms with Crippen LogP contribution >= 0.6 is 11.8 Å². The predicted molar refractivity (Wildman–Crippen MR) is 89.5 cm³/mol. The van der Waals surface area contributed by atoms with Crippen LogP contribution in [0.3, 0.4) is 0 Å². The molecule has 21 heavy (non-hydrogen) atoms. The Hall–Kier alpha value is -1.44. The number of nitrogens with two attached hydrogens (primary N) is 1.